The SMILES string of the molecule is CO[C@@H]1C[C@H]2CN(Cc3nc(-c4cccc(C)c4)oc3C)C[C@H]2C[C@H]1NC(C)=O. The van der Waals surface area contributed by atoms with Gasteiger partial charge in [-0.15, -0.1) is 0 Å². The van der Waals surface area contributed by atoms with Crippen LogP contribution in [0.15, 0.2) is 28.7 Å². The Labute approximate surface area is 172 Å². The standard InChI is InChI=1S/C23H31N3O3/c1-14-6-5-7-17(8-14)23-25-21(15(2)29-23)13-26-11-18-9-20(24-16(3)27)22(28-4)10-19(18)12-26/h5-8,18-20,22H,9-13H2,1-4H3,(H,24,27)/t18-,19+,20-,22-/m1/s1. The molecule has 4 atom stereocenters. The number of ether oxygens (including phenoxy) is 1. The van der Waals surface area contributed by atoms with E-state index < -0.39 is 0 Å². The van der Waals surface area contributed by atoms with Gasteiger partial charge in [-0.3, -0.25) is 9.69 Å². The van der Waals surface area contributed by atoms with Crippen molar-refractivity contribution in [3.63, 3.8) is 0 Å². The van der Waals surface area contributed by atoms with Gasteiger partial charge in [-0.2, -0.15) is 0 Å². The lowest BCUT2D eigenvalue weighted by atomic mass is 9.77. The Morgan fingerprint density at radius 1 is 1.28 bits per heavy atom. The van der Waals surface area contributed by atoms with Crippen LogP contribution < -0.4 is 5.32 Å². The largest absolute Gasteiger partial charge is 0.441 e. The van der Waals surface area contributed by atoms with E-state index in [1.165, 1.54) is 5.56 Å². The monoisotopic (exact) mass is 397 g/mol. The van der Waals surface area contributed by atoms with E-state index in [2.05, 4.69) is 29.3 Å². The Kier molecular flexibility index (Phi) is 5.74. The highest BCUT2D eigenvalue weighted by molar-refractivity contribution is 5.73. The number of amides is 1. The number of oxazole rings is 1. The van der Waals surface area contributed by atoms with Crippen LogP contribution in [0.1, 0.15) is 36.8 Å². The fourth-order valence-corrected chi connectivity index (χ4v) is 5.00. The van der Waals surface area contributed by atoms with Gasteiger partial charge in [0.25, 0.3) is 0 Å². The van der Waals surface area contributed by atoms with Gasteiger partial charge in [0.05, 0.1) is 17.8 Å². The Morgan fingerprint density at radius 2 is 2.03 bits per heavy atom. The van der Waals surface area contributed by atoms with Crippen LogP contribution in [0.2, 0.25) is 0 Å². The molecule has 2 aromatic rings. The molecule has 2 heterocycles. The minimum absolute atomic E-state index is 0.0206. The zero-order chi connectivity index (χ0) is 20.5. The molecule has 1 amide bonds. The summed E-state index contributed by atoms with van der Waals surface area (Å²) in [6, 6.07) is 8.37. The summed E-state index contributed by atoms with van der Waals surface area (Å²) in [7, 11) is 1.75. The topological polar surface area (TPSA) is 67.6 Å². The normalized spacial score (nSPS) is 27.0. The molecule has 1 N–H and O–H groups in total. The molecule has 156 valence electrons. The van der Waals surface area contributed by atoms with E-state index in [0.717, 1.165) is 49.5 Å². The van der Waals surface area contributed by atoms with Crippen LogP contribution in [-0.4, -0.2) is 48.1 Å². The maximum absolute atomic E-state index is 11.6. The predicted octanol–water partition coefficient (Wildman–Crippen LogP) is 3.32. The van der Waals surface area contributed by atoms with E-state index in [9.17, 15) is 4.79 Å². The highest BCUT2D eigenvalue weighted by atomic mass is 16.5. The third-order valence-corrected chi connectivity index (χ3v) is 6.42. The lowest BCUT2D eigenvalue weighted by Crippen LogP contribution is -2.49. The Morgan fingerprint density at radius 3 is 2.72 bits per heavy atom. The molecule has 1 aliphatic heterocycles. The van der Waals surface area contributed by atoms with Crippen LogP contribution in [0, 0.1) is 25.7 Å². The van der Waals surface area contributed by atoms with E-state index in [0.29, 0.717) is 17.7 Å². The second-order valence-electron chi connectivity index (χ2n) is 8.66. The van der Waals surface area contributed by atoms with Crippen LogP contribution in [0.3, 0.4) is 0 Å². The number of likely N-dealkylation sites (tertiary alicyclic amines) is 1. The van der Waals surface area contributed by atoms with Gasteiger partial charge >= 0.3 is 0 Å². The van der Waals surface area contributed by atoms with Gasteiger partial charge in [-0.25, -0.2) is 4.98 Å². The van der Waals surface area contributed by atoms with E-state index in [4.69, 9.17) is 14.1 Å². The first kappa shape index (κ1) is 20.1. The minimum Gasteiger partial charge on any atom is -0.441 e. The number of aromatic nitrogens is 1. The molecule has 1 aromatic carbocycles. The fraction of sp³-hybridized carbons (Fsp3) is 0.565. The van der Waals surface area contributed by atoms with Crippen LogP contribution in [-0.2, 0) is 16.1 Å². The molecule has 6 heteroatoms. The lowest BCUT2D eigenvalue weighted by molar-refractivity contribution is -0.121. The molecule has 29 heavy (non-hydrogen) atoms. The van der Waals surface area contributed by atoms with Gasteiger partial charge in [0.2, 0.25) is 11.8 Å². The molecule has 4 rings (SSSR count). The van der Waals surface area contributed by atoms with Gasteiger partial charge in [0, 0.05) is 39.2 Å². The second kappa shape index (κ2) is 8.28. The van der Waals surface area contributed by atoms with Crippen molar-refractivity contribution in [1.82, 2.24) is 15.2 Å². The number of carbonyl (C=O) groups excluding carboxylic acids is 1. The van der Waals surface area contributed by atoms with E-state index in [1.54, 1.807) is 14.0 Å². The zero-order valence-electron chi connectivity index (χ0n) is 17.8. The van der Waals surface area contributed by atoms with Crippen LogP contribution in [0.4, 0.5) is 0 Å². The molecule has 0 radical (unpaired) electrons. The number of aryl methyl sites for hydroxylation is 2. The van der Waals surface area contributed by atoms with Crippen molar-refractivity contribution < 1.29 is 13.9 Å². The van der Waals surface area contributed by atoms with Crippen molar-refractivity contribution >= 4 is 5.91 Å². The number of fused-ring (bicyclic) bond motifs is 1. The number of carbonyl (C=O) groups is 1. The highest BCUT2D eigenvalue weighted by Gasteiger charge is 2.42. The number of nitrogens with one attached hydrogen (secondary N) is 1. The first-order valence-corrected chi connectivity index (χ1v) is 10.5. The smallest absolute Gasteiger partial charge is 0.226 e. The zero-order valence-corrected chi connectivity index (χ0v) is 17.8. The maximum atomic E-state index is 11.6. The molecule has 6 nitrogen and oxygen atoms in total. The van der Waals surface area contributed by atoms with Crippen molar-refractivity contribution in [3.8, 4) is 11.5 Å². The number of benzene rings is 1. The number of methoxy groups -OCH3 is 1. The second-order valence-corrected chi connectivity index (χ2v) is 8.66. The molecule has 0 bridgehead atoms. The van der Waals surface area contributed by atoms with Gasteiger partial charge in [0.1, 0.15) is 5.76 Å². The molecule has 2 aliphatic rings. The van der Waals surface area contributed by atoms with Crippen molar-refractivity contribution in [1.29, 1.82) is 0 Å². The summed E-state index contributed by atoms with van der Waals surface area (Å²) in [6.45, 7) is 8.54. The molecule has 1 saturated heterocycles. The molecule has 1 aliphatic carbocycles. The quantitative estimate of drug-likeness (QED) is 0.838. The van der Waals surface area contributed by atoms with Gasteiger partial charge in [-0.1, -0.05) is 17.7 Å². The summed E-state index contributed by atoms with van der Waals surface area (Å²) in [4.78, 5) is 18.8. The summed E-state index contributed by atoms with van der Waals surface area (Å²) in [6.07, 6.45) is 2.07. The first-order valence-electron chi connectivity index (χ1n) is 10.5. The third-order valence-electron chi connectivity index (χ3n) is 6.42. The van der Waals surface area contributed by atoms with Crippen molar-refractivity contribution in [3.05, 3.63) is 41.3 Å². The summed E-state index contributed by atoms with van der Waals surface area (Å²) in [5, 5.41) is 3.09. The Bertz CT molecular complexity index is 878. The van der Waals surface area contributed by atoms with Crippen LogP contribution >= 0.6 is 0 Å². The molecule has 0 unspecified atom stereocenters. The molecule has 1 saturated carbocycles. The third kappa shape index (κ3) is 4.38. The molecular weight excluding hydrogens is 366 g/mol. The van der Waals surface area contributed by atoms with E-state index >= 15 is 0 Å². The summed E-state index contributed by atoms with van der Waals surface area (Å²) < 4.78 is 11.7. The van der Waals surface area contributed by atoms with Crippen LogP contribution in [0.5, 0.6) is 0 Å². The first-order chi connectivity index (χ1) is 13.9. The minimum atomic E-state index is 0.0206. The molecule has 1 aromatic heterocycles. The molecule has 0 spiro atoms. The van der Waals surface area contributed by atoms with E-state index in [-0.39, 0.29) is 18.1 Å². The maximum Gasteiger partial charge on any atom is 0.226 e. The average molecular weight is 398 g/mol. The number of hydrogen-bond acceptors (Lipinski definition) is 5. The molecule has 2 fully saturated rings. The Hall–Kier alpha value is -2.18. The lowest BCUT2D eigenvalue weighted by Gasteiger charge is -2.37. The van der Waals surface area contributed by atoms with Crippen LogP contribution in [0.25, 0.3) is 11.5 Å². The van der Waals surface area contributed by atoms with Gasteiger partial charge < -0.3 is 14.5 Å². The summed E-state index contributed by atoms with van der Waals surface area (Å²) in [5.74, 6) is 2.80. The van der Waals surface area contributed by atoms with Gasteiger partial charge in [-0.05, 0) is 50.7 Å². The number of rotatable bonds is 5. The summed E-state index contributed by atoms with van der Waals surface area (Å²) in [5.41, 5.74) is 3.24. The summed E-state index contributed by atoms with van der Waals surface area (Å²) >= 11 is 0. The number of hydrogen-bond donors (Lipinski definition) is 1. The Balaban J connectivity index is 1.43. The highest BCUT2D eigenvalue weighted by Crippen LogP contribution is 2.38. The predicted molar refractivity (Wildman–Crippen MR) is 111 cm³/mol. The molecular formula is C23H31N3O3. The number of nitrogens with zero attached hydrogens (tertiary/aromatic N) is 2. The van der Waals surface area contributed by atoms with E-state index in [1.807, 2.05) is 19.1 Å². The van der Waals surface area contributed by atoms with Crippen molar-refractivity contribution in [2.75, 3.05) is 20.2 Å². The van der Waals surface area contributed by atoms with Gasteiger partial charge in [0.15, 0.2) is 0 Å². The van der Waals surface area contributed by atoms with Crippen molar-refractivity contribution in [2.24, 2.45) is 11.8 Å². The van der Waals surface area contributed by atoms with Crippen molar-refractivity contribution in [2.45, 2.75) is 52.3 Å². The fourth-order valence-electron chi connectivity index (χ4n) is 5.00. The average Bonchev–Trinajstić information content (AvgIpc) is 3.23.